The Labute approximate surface area is 112 Å². The summed E-state index contributed by atoms with van der Waals surface area (Å²) in [5.74, 6) is 0.717. The van der Waals surface area contributed by atoms with Crippen molar-refractivity contribution in [2.24, 2.45) is 5.92 Å². The third kappa shape index (κ3) is 4.69. The Morgan fingerprint density at radius 1 is 1.06 bits per heavy atom. The van der Waals surface area contributed by atoms with Gasteiger partial charge in [-0.25, -0.2) is 0 Å². The molecule has 0 radical (unpaired) electrons. The van der Waals surface area contributed by atoms with Crippen molar-refractivity contribution in [3.05, 3.63) is 30.3 Å². The fraction of sp³-hybridized carbons (Fsp3) is 0.625. The molecule has 0 bridgehead atoms. The molecule has 0 fully saturated rings. The molecule has 18 heavy (non-hydrogen) atoms. The minimum Gasteiger partial charge on any atom is -0.368 e. The van der Waals surface area contributed by atoms with Gasteiger partial charge in [-0.05, 0) is 37.9 Å². The fourth-order valence-corrected chi connectivity index (χ4v) is 2.28. The van der Waals surface area contributed by atoms with E-state index in [1.165, 1.54) is 12.1 Å². The van der Waals surface area contributed by atoms with Gasteiger partial charge in [-0.1, -0.05) is 39.0 Å². The number of hydrogen-bond donors (Lipinski definition) is 1. The van der Waals surface area contributed by atoms with Gasteiger partial charge < -0.3 is 10.2 Å². The Kier molecular flexibility index (Phi) is 6.81. The Morgan fingerprint density at radius 2 is 1.72 bits per heavy atom. The lowest BCUT2D eigenvalue weighted by molar-refractivity contribution is 0.487. The van der Waals surface area contributed by atoms with Crippen molar-refractivity contribution >= 4 is 5.69 Å². The van der Waals surface area contributed by atoms with Crippen LogP contribution in [0.4, 0.5) is 5.69 Å². The van der Waals surface area contributed by atoms with E-state index in [4.69, 9.17) is 0 Å². The second-order valence-electron chi connectivity index (χ2n) is 5.24. The molecule has 2 nitrogen and oxygen atoms in total. The molecule has 0 aliphatic heterocycles. The zero-order valence-corrected chi connectivity index (χ0v) is 12.3. The van der Waals surface area contributed by atoms with Crippen molar-refractivity contribution in [1.29, 1.82) is 0 Å². The van der Waals surface area contributed by atoms with E-state index >= 15 is 0 Å². The summed E-state index contributed by atoms with van der Waals surface area (Å²) < 4.78 is 0. The van der Waals surface area contributed by atoms with Crippen molar-refractivity contribution in [1.82, 2.24) is 5.32 Å². The van der Waals surface area contributed by atoms with E-state index < -0.39 is 0 Å². The van der Waals surface area contributed by atoms with Crippen LogP contribution < -0.4 is 10.2 Å². The average Bonchev–Trinajstić information content (AvgIpc) is 2.38. The summed E-state index contributed by atoms with van der Waals surface area (Å²) in [7, 11) is 0. The molecule has 0 spiro atoms. The monoisotopic (exact) mass is 248 g/mol. The van der Waals surface area contributed by atoms with Gasteiger partial charge >= 0.3 is 0 Å². The van der Waals surface area contributed by atoms with Crippen LogP contribution in [0.3, 0.4) is 0 Å². The van der Waals surface area contributed by atoms with E-state index in [2.05, 4.69) is 68.2 Å². The van der Waals surface area contributed by atoms with E-state index in [0.29, 0.717) is 12.0 Å². The number of rotatable bonds is 8. The maximum Gasteiger partial charge on any atom is 0.0411 e. The maximum absolute atomic E-state index is 3.58. The summed E-state index contributed by atoms with van der Waals surface area (Å²) in [4.78, 5) is 2.49. The third-order valence-electron chi connectivity index (χ3n) is 3.27. The first-order valence-electron chi connectivity index (χ1n) is 7.21. The van der Waals surface area contributed by atoms with Crippen LogP contribution in [0.25, 0.3) is 0 Å². The minimum atomic E-state index is 0.580. The molecule has 1 aromatic carbocycles. The topological polar surface area (TPSA) is 15.3 Å². The molecule has 0 saturated carbocycles. The van der Waals surface area contributed by atoms with Crippen LogP contribution in [0, 0.1) is 5.92 Å². The van der Waals surface area contributed by atoms with Gasteiger partial charge in [0.2, 0.25) is 0 Å². The van der Waals surface area contributed by atoms with Gasteiger partial charge in [-0.3, -0.25) is 0 Å². The van der Waals surface area contributed by atoms with Crippen molar-refractivity contribution < 1.29 is 0 Å². The van der Waals surface area contributed by atoms with Crippen LogP contribution in [-0.2, 0) is 0 Å². The smallest absolute Gasteiger partial charge is 0.0411 e. The minimum absolute atomic E-state index is 0.580. The summed E-state index contributed by atoms with van der Waals surface area (Å²) in [6.07, 6.45) is 1.17. The zero-order valence-electron chi connectivity index (χ0n) is 12.3. The van der Waals surface area contributed by atoms with Crippen LogP contribution in [0.15, 0.2) is 30.3 Å². The molecule has 1 N–H and O–H groups in total. The molecular weight excluding hydrogens is 220 g/mol. The van der Waals surface area contributed by atoms with Gasteiger partial charge in [0.1, 0.15) is 0 Å². The van der Waals surface area contributed by atoms with E-state index in [1.54, 1.807) is 0 Å². The molecular formula is C16H28N2. The first kappa shape index (κ1) is 15.0. The molecule has 0 aromatic heterocycles. The maximum atomic E-state index is 3.58. The lowest BCUT2D eigenvalue weighted by Crippen LogP contribution is -2.42. The number of benzene rings is 1. The van der Waals surface area contributed by atoms with Crippen LogP contribution >= 0.6 is 0 Å². The summed E-state index contributed by atoms with van der Waals surface area (Å²) in [5, 5.41) is 3.58. The number of hydrogen-bond acceptors (Lipinski definition) is 2. The summed E-state index contributed by atoms with van der Waals surface area (Å²) in [6, 6.07) is 11.3. The number of nitrogens with zero attached hydrogens (tertiary/aromatic N) is 1. The van der Waals surface area contributed by atoms with Crippen LogP contribution in [0.1, 0.15) is 34.1 Å². The molecule has 0 saturated heterocycles. The van der Waals surface area contributed by atoms with Gasteiger partial charge in [-0.15, -0.1) is 0 Å². The first-order chi connectivity index (χ1) is 8.69. The van der Waals surface area contributed by atoms with Gasteiger partial charge in [0, 0.05) is 24.8 Å². The Hall–Kier alpha value is -1.02. The van der Waals surface area contributed by atoms with Crippen LogP contribution in [0.2, 0.25) is 0 Å². The highest BCUT2D eigenvalue weighted by atomic mass is 15.2. The summed E-state index contributed by atoms with van der Waals surface area (Å²) in [6.45, 7) is 12.2. The van der Waals surface area contributed by atoms with Gasteiger partial charge in [0.05, 0.1) is 0 Å². The molecule has 0 aliphatic rings. The van der Waals surface area contributed by atoms with Crippen molar-refractivity contribution in [2.45, 2.75) is 40.2 Å². The van der Waals surface area contributed by atoms with Gasteiger partial charge in [-0.2, -0.15) is 0 Å². The predicted molar refractivity (Wildman–Crippen MR) is 81.2 cm³/mol. The molecule has 1 atom stereocenters. The van der Waals surface area contributed by atoms with E-state index in [-0.39, 0.29) is 0 Å². The Morgan fingerprint density at radius 3 is 2.22 bits per heavy atom. The first-order valence-corrected chi connectivity index (χ1v) is 7.21. The largest absolute Gasteiger partial charge is 0.368 e. The van der Waals surface area contributed by atoms with Crippen molar-refractivity contribution in [2.75, 3.05) is 24.5 Å². The highest BCUT2D eigenvalue weighted by Gasteiger charge is 2.15. The number of para-hydroxylation sites is 1. The average molecular weight is 248 g/mol. The second-order valence-corrected chi connectivity index (χ2v) is 5.24. The summed E-state index contributed by atoms with van der Waals surface area (Å²) in [5.41, 5.74) is 1.33. The molecule has 102 valence electrons. The molecule has 1 aromatic rings. The molecule has 0 heterocycles. The van der Waals surface area contributed by atoms with E-state index in [0.717, 1.165) is 19.6 Å². The number of anilines is 1. The van der Waals surface area contributed by atoms with Gasteiger partial charge in [0.25, 0.3) is 0 Å². The number of likely N-dealkylation sites (N-methyl/N-ethyl adjacent to an activating group) is 1. The Bertz CT molecular complexity index is 308. The zero-order chi connectivity index (χ0) is 13.4. The third-order valence-corrected chi connectivity index (χ3v) is 3.27. The van der Waals surface area contributed by atoms with Crippen molar-refractivity contribution in [3.8, 4) is 0 Å². The fourth-order valence-electron chi connectivity index (χ4n) is 2.28. The molecule has 0 aliphatic carbocycles. The standard InChI is InChI=1S/C16H28N2/c1-5-15(13-17-12-14(3)4)18(6-2)16-10-8-7-9-11-16/h7-11,14-15,17H,5-6,12-13H2,1-4H3. The molecule has 0 amide bonds. The summed E-state index contributed by atoms with van der Waals surface area (Å²) >= 11 is 0. The SMILES string of the molecule is CCC(CNCC(C)C)N(CC)c1ccccc1. The lowest BCUT2D eigenvalue weighted by Gasteiger charge is -2.32. The number of nitrogens with one attached hydrogen (secondary N) is 1. The van der Waals surface area contributed by atoms with Gasteiger partial charge in [0.15, 0.2) is 0 Å². The molecule has 1 unspecified atom stereocenters. The van der Waals surface area contributed by atoms with E-state index in [1.807, 2.05) is 0 Å². The predicted octanol–water partition coefficient (Wildman–Crippen LogP) is 3.54. The molecule has 2 heteroatoms. The van der Waals surface area contributed by atoms with Crippen molar-refractivity contribution in [3.63, 3.8) is 0 Å². The highest BCUT2D eigenvalue weighted by molar-refractivity contribution is 5.47. The highest BCUT2D eigenvalue weighted by Crippen LogP contribution is 2.17. The molecule has 1 rings (SSSR count). The Balaban J connectivity index is 2.60. The second kappa shape index (κ2) is 8.15. The quantitative estimate of drug-likeness (QED) is 0.757. The van der Waals surface area contributed by atoms with Crippen LogP contribution in [0.5, 0.6) is 0 Å². The van der Waals surface area contributed by atoms with Crippen LogP contribution in [-0.4, -0.2) is 25.7 Å². The lowest BCUT2D eigenvalue weighted by atomic mass is 10.1. The van der Waals surface area contributed by atoms with E-state index in [9.17, 15) is 0 Å². The normalized spacial score (nSPS) is 12.7.